The minimum atomic E-state index is 0.0202. The van der Waals surface area contributed by atoms with Gasteiger partial charge in [-0.1, -0.05) is 48.2 Å². The predicted octanol–water partition coefficient (Wildman–Crippen LogP) is 6.12. The van der Waals surface area contributed by atoms with Crippen LogP contribution in [-0.2, 0) is 10.9 Å². The Morgan fingerprint density at radius 2 is 1.26 bits per heavy atom. The van der Waals surface area contributed by atoms with Gasteiger partial charge in [-0.25, -0.2) is 0 Å². The second-order valence-corrected chi connectivity index (χ2v) is 9.19. The fraction of sp³-hybridized carbons (Fsp3) is 0.143. The summed E-state index contributed by atoms with van der Waals surface area (Å²) in [7, 11) is 0.0202. The molecular weight excluding hydrogens is 316 g/mol. The van der Waals surface area contributed by atoms with E-state index in [0.717, 1.165) is 5.92 Å². The van der Waals surface area contributed by atoms with Gasteiger partial charge in [0.05, 0.1) is 9.79 Å². The van der Waals surface area contributed by atoms with E-state index >= 15 is 0 Å². The topological polar surface area (TPSA) is 0 Å². The lowest BCUT2D eigenvalue weighted by Crippen LogP contribution is -2.10. The summed E-state index contributed by atoms with van der Waals surface area (Å²) in [5.41, 5.74) is 1.52. The van der Waals surface area contributed by atoms with E-state index in [0.29, 0.717) is 0 Å². The van der Waals surface area contributed by atoms with Crippen molar-refractivity contribution in [3.05, 3.63) is 78.4 Å². The summed E-state index contributed by atoms with van der Waals surface area (Å²) < 4.78 is 0. The highest BCUT2D eigenvalue weighted by atomic mass is 32.2. The van der Waals surface area contributed by atoms with Crippen molar-refractivity contribution in [3.8, 4) is 0 Å². The Balaban J connectivity index is 1.66. The van der Waals surface area contributed by atoms with Crippen LogP contribution in [-0.4, -0.2) is 0 Å². The van der Waals surface area contributed by atoms with Gasteiger partial charge in [0.15, 0.2) is 14.7 Å². The number of fused-ring (bicyclic) bond motifs is 2. The lowest BCUT2D eigenvalue weighted by Gasteiger charge is -2.18. The minimum Gasteiger partial charge on any atom is -0.0795 e. The van der Waals surface area contributed by atoms with Gasteiger partial charge >= 0.3 is 0 Å². The third-order valence-electron chi connectivity index (χ3n) is 4.52. The minimum absolute atomic E-state index is 0.0202. The van der Waals surface area contributed by atoms with Crippen molar-refractivity contribution in [3.63, 3.8) is 0 Å². The van der Waals surface area contributed by atoms with Crippen LogP contribution in [0.2, 0.25) is 0 Å². The Hall–Kier alpha value is -1.64. The largest absolute Gasteiger partial charge is 0.180 e. The van der Waals surface area contributed by atoms with E-state index in [9.17, 15) is 0 Å². The first-order chi connectivity index (χ1) is 11.4. The highest BCUT2D eigenvalue weighted by Gasteiger charge is 2.37. The molecule has 0 unspecified atom stereocenters. The number of benzene rings is 3. The van der Waals surface area contributed by atoms with Crippen LogP contribution < -0.4 is 0 Å². The van der Waals surface area contributed by atoms with Gasteiger partial charge in [0.2, 0.25) is 0 Å². The van der Waals surface area contributed by atoms with Gasteiger partial charge in [0, 0.05) is 0 Å². The summed E-state index contributed by atoms with van der Waals surface area (Å²) in [5.74, 6) is 0.828. The summed E-state index contributed by atoms with van der Waals surface area (Å²) in [6.07, 6.45) is 2.74. The van der Waals surface area contributed by atoms with E-state index in [2.05, 4.69) is 72.8 Å². The Kier molecular flexibility index (Phi) is 3.27. The van der Waals surface area contributed by atoms with Crippen LogP contribution in [0, 0.1) is 0 Å². The van der Waals surface area contributed by atoms with Gasteiger partial charge in [0.1, 0.15) is 10.9 Å². The number of rotatable bonds is 2. The molecule has 1 saturated carbocycles. The van der Waals surface area contributed by atoms with E-state index in [1.54, 1.807) is 0 Å². The van der Waals surface area contributed by atoms with E-state index in [-0.39, 0.29) is 10.9 Å². The van der Waals surface area contributed by atoms with Gasteiger partial charge < -0.3 is 0 Å². The molecule has 23 heavy (non-hydrogen) atoms. The van der Waals surface area contributed by atoms with Crippen LogP contribution in [0.3, 0.4) is 0 Å². The fourth-order valence-electron chi connectivity index (χ4n) is 3.19. The van der Waals surface area contributed by atoms with Gasteiger partial charge in [0.25, 0.3) is 0 Å². The summed E-state index contributed by atoms with van der Waals surface area (Å²) in [5, 5.41) is 0. The highest BCUT2D eigenvalue weighted by molar-refractivity contribution is 8.04. The molecule has 1 aliphatic heterocycles. The summed E-state index contributed by atoms with van der Waals surface area (Å²) in [6.45, 7) is 0. The highest BCUT2D eigenvalue weighted by Crippen LogP contribution is 2.48. The molecule has 3 aromatic carbocycles. The Morgan fingerprint density at radius 3 is 1.83 bits per heavy atom. The number of hydrogen-bond acceptors (Lipinski definition) is 1. The SMILES string of the molecule is c1ccc2c(c1)Sc1ccccc1[S+]2c1ccc(C2CC2)cc1. The van der Waals surface area contributed by atoms with Crippen LogP contribution in [0.15, 0.2) is 97.3 Å². The maximum absolute atomic E-state index is 2.36. The predicted molar refractivity (Wildman–Crippen MR) is 97.6 cm³/mol. The molecule has 2 heteroatoms. The molecule has 1 fully saturated rings. The molecule has 0 saturated heterocycles. The maximum atomic E-state index is 2.36. The second kappa shape index (κ2) is 5.47. The van der Waals surface area contributed by atoms with Gasteiger partial charge in [-0.05, 0) is 60.7 Å². The molecule has 0 nitrogen and oxygen atoms in total. The molecule has 0 spiro atoms. The van der Waals surface area contributed by atoms with Crippen molar-refractivity contribution >= 4 is 22.7 Å². The quantitative estimate of drug-likeness (QED) is 0.398. The van der Waals surface area contributed by atoms with Crippen molar-refractivity contribution in [2.24, 2.45) is 0 Å². The molecule has 0 bridgehead atoms. The first-order valence-corrected chi connectivity index (χ1v) is 10.1. The maximum Gasteiger partial charge on any atom is 0.180 e. The standard InChI is InChI=1S/C21H17S2/c1-3-7-20-18(5-1)22-19-6-2-4-8-21(19)23(20)17-13-11-16(12-14-17)15-9-10-15/h1-8,11-15H,9-10H2/q+1. The van der Waals surface area contributed by atoms with E-state index in [1.165, 1.54) is 42.9 Å². The average molecular weight is 334 g/mol. The van der Waals surface area contributed by atoms with E-state index in [4.69, 9.17) is 0 Å². The molecule has 5 rings (SSSR count). The zero-order chi connectivity index (χ0) is 15.2. The zero-order valence-electron chi connectivity index (χ0n) is 12.7. The monoisotopic (exact) mass is 333 g/mol. The van der Waals surface area contributed by atoms with Crippen LogP contribution >= 0.6 is 11.8 Å². The Bertz CT molecular complexity index is 818. The first-order valence-electron chi connectivity index (χ1n) is 8.10. The third-order valence-corrected chi connectivity index (χ3v) is 8.27. The van der Waals surface area contributed by atoms with Gasteiger partial charge in [-0.3, -0.25) is 0 Å². The summed E-state index contributed by atoms with van der Waals surface area (Å²) in [4.78, 5) is 7.18. The summed E-state index contributed by atoms with van der Waals surface area (Å²) >= 11 is 1.91. The Morgan fingerprint density at radius 1 is 0.696 bits per heavy atom. The van der Waals surface area contributed by atoms with Crippen molar-refractivity contribution in [2.75, 3.05) is 0 Å². The van der Waals surface area contributed by atoms with Crippen molar-refractivity contribution < 1.29 is 0 Å². The zero-order valence-corrected chi connectivity index (χ0v) is 14.4. The van der Waals surface area contributed by atoms with Crippen LogP contribution in [0.5, 0.6) is 0 Å². The lowest BCUT2D eigenvalue weighted by atomic mass is 10.1. The molecule has 1 aliphatic carbocycles. The van der Waals surface area contributed by atoms with Crippen molar-refractivity contribution in [1.29, 1.82) is 0 Å². The van der Waals surface area contributed by atoms with Gasteiger partial charge in [-0.15, -0.1) is 0 Å². The number of hydrogen-bond donors (Lipinski definition) is 0. The normalized spacial score (nSPS) is 16.7. The molecular formula is C21H17S2+. The molecule has 2 aliphatic rings. The second-order valence-electron chi connectivity index (χ2n) is 6.15. The summed E-state index contributed by atoms with van der Waals surface area (Å²) in [6, 6.07) is 27.2. The molecule has 0 aromatic heterocycles. The van der Waals surface area contributed by atoms with Crippen LogP contribution in [0.25, 0.3) is 0 Å². The molecule has 0 N–H and O–H groups in total. The first kappa shape index (κ1) is 13.8. The smallest absolute Gasteiger partial charge is 0.0795 e. The van der Waals surface area contributed by atoms with Crippen molar-refractivity contribution in [1.82, 2.24) is 0 Å². The van der Waals surface area contributed by atoms with Crippen LogP contribution in [0.1, 0.15) is 24.3 Å². The molecule has 1 heterocycles. The molecule has 3 aromatic rings. The van der Waals surface area contributed by atoms with Crippen molar-refractivity contribution in [2.45, 2.75) is 43.2 Å². The molecule has 0 radical (unpaired) electrons. The average Bonchev–Trinajstić information content (AvgIpc) is 3.45. The van der Waals surface area contributed by atoms with E-state index < -0.39 is 0 Å². The molecule has 0 amide bonds. The molecule has 0 atom stereocenters. The van der Waals surface area contributed by atoms with E-state index in [1.807, 2.05) is 11.8 Å². The fourth-order valence-corrected chi connectivity index (χ4v) is 6.93. The van der Waals surface area contributed by atoms with Crippen LogP contribution in [0.4, 0.5) is 0 Å². The lowest BCUT2D eigenvalue weighted by molar-refractivity contribution is 1.10. The Labute approximate surface area is 144 Å². The third kappa shape index (κ3) is 2.41. The van der Waals surface area contributed by atoms with Gasteiger partial charge in [-0.2, -0.15) is 0 Å². The molecule has 112 valence electrons.